The number of carbonyl (C=O) groups is 1. The highest BCUT2D eigenvalue weighted by atomic mass is 16.6. The minimum absolute atomic E-state index is 0.0365. The van der Waals surface area contributed by atoms with Gasteiger partial charge in [-0.3, -0.25) is 14.9 Å². The SMILES string of the molecule is Cc1cc(-c2ccccc2C(=O)Nc2ccc([N+](=O)[O-])cc2)on1. The van der Waals surface area contributed by atoms with Crippen LogP contribution < -0.4 is 5.32 Å². The van der Waals surface area contributed by atoms with Crippen LogP contribution in [0.3, 0.4) is 0 Å². The molecule has 3 rings (SSSR count). The summed E-state index contributed by atoms with van der Waals surface area (Å²) >= 11 is 0. The van der Waals surface area contributed by atoms with Crippen molar-refractivity contribution in [1.29, 1.82) is 0 Å². The normalized spacial score (nSPS) is 10.4. The number of carbonyl (C=O) groups excluding carboxylic acids is 1. The molecule has 0 aliphatic heterocycles. The number of hydrogen-bond donors (Lipinski definition) is 1. The predicted molar refractivity (Wildman–Crippen MR) is 87.7 cm³/mol. The molecule has 0 spiro atoms. The van der Waals surface area contributed by atoms with Gasteiger partial charge in [-0.25, -0.2) is 0 Å². The first-order valence-corrected chi connectivity index (χ1v) is 7.13. The van der Waals surface area contributed by atoms with E-state index in [1.807, 2.05) is 0 Å². The van der Waals surface area contributed by atoms with Crippen molar-refractivity contribution < 1.29 is 14.2 Å². The molecule has 0 saturated heterocycles. The molecule has 7 nitrogen and oxygen atoms in total. The molecule has 0 saturated carbocycles. The summed E-state index contributed by atoms with van der Waals surface area (Å²) in [5, 5.41) is 17.2. The zero-order valence-electron chi connectivity index (χ0n) is 12.7. The molecule has 0 unspecified atom stereocenters. The molecular weight excluding hydrogens is 310 g/mol. The van der Waals surface area contributed by atoms with Crippen molar-refractivity contribution in [2.75, 3.05) is 5.32 Å². The Balaban J connectivity index is 1.86. The third kappa shape index (κ3) is 3.14. The molecule has 24 heavy (non-hydrogen) atoms. The van der Waals surface area contributed by atoms with Gasteiger partial charge in [0.05, 0.1) is 16.2 Å². The summed E-state index contributed by atoms with van der Waals surface area (Å²) in [5.74, 6) is 0.162. The lowest BCUT2D eigenvalue weighted by atomic mass is 10.0. The molecule has 1 heterocycles. The van der Waals surface area contributed by atoms with E-state index in [1.54, 1.807) is 37.3 Å². The lowest BCUT2D eigenvalue weighted by Crippen LogP contribution is -2.13. The second-order valence-electron chi connectivity index (χ2n) is 5.14. The van der Waals surface area contributed by atoms with Crippen molar-refractivity contribution in [3.63, 3.8) is 0 Å². The van der Waals surface area contributed by atoms with Crippen molar-refractivity contribution in [3.05, 3.63) is 76.0 Å². The van der Waals surface area contributed by atoms with Crippen molar-refractivity contribution in [1.82, 2.24) is 5.16 Å². The molecule has 1 aromatic heterocycles. The van der Waals surface area contributed by atoms with E-state index in [0.717, 1.165) is 5.69 Å². The molecule has 0 aliphatic carbocycles. The minimum Gasteiger partial charge on any atom is -0.356 e. The largest absolute Gasteiger partial charge is 0.356 e. The maximum absolute atomic E-state index is 12.5. The van der Waals surface area contributed by atoms with Crippen LogP contribution in [0.2, 0.25) is 0 Å². The highest BCUT2D eigenvalue weighted by molar-refractivity contribution is 6.08. The predicted octanol–water partition coefficient (Wildman–Crippen LogP) is 3.81. The van der Waals surface area contributed by atoms with Crippen LogP contribution in [0.5, 0.6) is 0 Å². The van der Waals surface area contributed by atoms with Gasteiger partial charge in [-0.15, -0.1) is 0 Å². The highest BCUT2D eigenvalue weighted by Gasteiger charge is 2.16. The van der Waals surface area contributed by atoms with Crippen molar-refractivity contribution in [3.8, 4) is 11.3 Å². The second kappa shape index (κ2) is 6.33. The first-order valence-electron chi connectivity index (χ1n) is 7.13. The summed E-state index contributed by atoms with van der Waals surface area (Å²) in [4.78, 5) is 22.7. The number of nitro benzene ring substituents is 1. The summed E-state index contributed by atoms with van der Waals surface area (Å²) in [6, 6.07) is 14.4. The zero-order chi connectivity index (χ0) is 17.1. The van der Waals surface area contributed by atoms with Gasteiger partial charge in [-0.1, -0.05) is 23.4 Å². The highest BCUT2D eigenvalue weighted by Crippen LogP contribution is 2.25. The van der Waals surface area contributed by atoms with E-state index in [4.69, 9.17) is 4.52 Å². The second-order valence-corrected chi connectivity index (χ2v) is 5.14. The van der Waals surface area contributed by atoms with Crippen molar-refractivity contribution in [2.45, 2.75) is 6.92 Å². The molecule has 0 radical (unpaired) electrons. The molecule has 120 valence electrons. The number of hydrogen-bond acceptors (Lipinski definition) is 5. The fourth-order valence-corrected chi connectivity index (χ4v) is 2.25. The average molecular weight is 323 g/mol. The van der Waals surface area contributed by atoms with Crippen LogP contribution in [0.25, 0.3) is 11.3 Å². The molecule has 7 heteroatoms. The smallest absolute Gasteiger partial charge is 0.269 e. The van der Waals surface area contributed by atoms with Gasteiger partial charge in [0, 0.05) is 29.4 Å². The van der Waals surface area contributed by atoms with Crippen LogP contribution in [0, 0.1) is 17.0 Å². The fraction of sp³-hybridized carbons (Fsp3) is 0.0588. The zero-order valence-corrected chi connectivity index (χ0v) is 12.7. The number of nitro groups is 1. The molecule has 1 amide bonds. The fourth-order valence-electron chi connectivity index (χ4n) is 2.25. The van der Waals surface area contributed by atoms with E-state index in [9.17, 15) is 14.9 Å². The number of anilines is 1. The summed E-state index contributed by atoms with van der Waals surface area (Å²) in [7, 11) is 0. The van der Waals surface area contributed by atoms with Gasteiger partial charge in [0.25, 0.3) is 11.6 Å². The Hall–Kier alpha value is -3.48. The summed E-state index contributed by atoms with van der Waals surface area (Å²) in [5.41, 5.74) is 2.19. The first kappa shape index (κ1) is 15.4. The molecule has 1 N–H and O–H groups in total. The van der Waals surface area contributed by atoms with Crippen LogP contribution in [0.15, 0.2) is 59.1 Å². The molecule has 0 atom stereocenters. The molecule has 3 aromatic rings. The Morgan fingerprint density at radius 1 is 1.17 bits per heavy atom. The van der Waals surface area contributed by atoms with E-state index in [1.165, 1.54) is 24.3 Å². The Bertz CT molecular complexity index is 900. The van der Waals surface area contributed by atoms with Gasteiger partial charge in [-0.05, 0) is 25.1 Å². The van der Waals surface area contributed by atoms with Crippen LogP contribution in [-0.2, 0) is 0 Å². The molecule has 0 fully saturated rings. The summed E-state index contributed by atoms with van der Waals surface area (Å²) in [6.07, 6.45) is 0. The van der Waals surface area contributed by atoms with Crippen molar-refractivity contribution in [2.24, 2.45) is 0 Å². The maximum atomic E-state index is 12.5. The average Bonchev–Trinajstić information content (AvgIpc) is 3.01. The van der Waals surface area contributed by atoms with Crippen LogP contribution in [-0.4, -0.2) is 16.0 Å². The number of aryl methyl sites for hydroxylation is 1. The lowest BCUT2D eigenvalue weighted by molar-refractivity contribution is -0.384. The maximum Gasteiger partial charge on any atom is 0.269 e. The number of non-ortho nitro benzene ring substituents is 1. The van der Waals surface area contributed by atoms with Crippen molar-refractivity contribution >= 4 is 17.3 Å². The molecule has 2 aromatic carbocycles. The number of nitrogens with one attached hydrogen (secondary N) is 1. The van der Waals surface area contributed by atoms with Crippen LogP contribution >= 0.6 is 0 Å². The van der Waals surface area contributed by atoms with Gasteiger partial charge >= 0.3 is 0 Å². The number of amides is 1. The van der Waals surface area contributed by atoms with Gasteiger partial charge < -0.3 is 9.84 Å². The van der Waals surface area contributed by atoms with E-state index in [0.29, 0.717) is 22.6 Å². The number of aromatic nitrogens is 1. The monoisotopic (exact) mass is 323 g/mol. The van der Waals surface area contributed by atoms with E-state index >= 15 is 0 Å². The van der Waals surface area contributed by atoms with Gasteiger partial charge in [0.2, 0.25) is 0 Å². The van der Waals surface area contributed by atoms with E-state index in [2.05, 4.69) is 10.5 Å². The van der Waals surface area contributed by atoms with Crippen LogP contribution in [0.4, 0.5) is 11.4 Å². The summed E-state index contributed by atoms with van der Waals surface area (Å²) < 4.78 is 5.23. The van der Waals surface area contributed by atoms with Gasteiger partial charge in [-0.2, -0.15) is 0 Å². The Morgan fingerprint density at radius 2 is 1.88 bits per heavy atom. The lowest BCUT2D eigenvalue weighted by Gasteiger charge is -2.08. The summed E-state index contributed by atoms with van der Waals surface area (Å²) in [6.45, 7) is 1.80. The molecule has 0 bridgehead atoms. The minimum atomic E-state index is -0.493. The number of benzene rings is 2. The third-order valence-electron chi connectivity index (χ3n) is 3.40. The van der Waals surface area contributed by atoms with Gasteiger partial charge in [0.15, 0.2) is 5.76 Å². The van der Waals surface area contributed by atoms with E-state index in [-0.39, 0.29) is 11.6 Å². The quantitative estimate of drug-likeness (QED) is 0.581. The third-order valence-corrected chi connectivity index (χ3v) is 3.40. The first-order chi connectivity index (χ1) is 11.5. The molecule has 0 aliphatic rings. The topological polar surface area (TPSA) is 98.3 Å². The standard InChI is InChI=1S/C17H13N3O4/c1-11-10-16(24-19-11)14-4-2-3-5-15(14)17(21)18-12-6-8-13(9-7-12)20(22)23/h2-10H,1H3,(H,18,21). The van der Waals surface area contributed by atoms with Gasteiger partial charge in [0.1, 0.15) is 0 Å². The van der Waals surface area contributed by atoms with E-state index < -0.39 is 4.92 Å². The molecular formula is C17H13N3O4. The Morgan fingerprint density at radius 3 is 2.50 bits per heavy atom. The number of nitrogens with zero attached hydrogens (tertiary/aromatic N) is 2. The Labute approximate surface area is 137 Å². The van der Waals surface area contributed by atoms with Crippen LogP contribution in [0.1, 0.15) is 16.1 Å². The number of rotatable bonds is 4. The Kier molecular flexibility index (Phi) is 4.07.